The average molecular weight is 477 g/mol. The number of nitrogens with zero attached hydrogens (tertiary/aromatic N) is 6. The fourth-order valence-corrected chi connectivity index (χ4v) is 5.04. The topological polar surface area (TPSA) is 75.9 Å². The largest absolute Gasteiger partial charge is 0.378 e. The van der Waals surface area contributed by atoms with Crippen LogP contribution in [-0.2, 0) is 16.0 Å². The summed E-state index contributed by atoms with van der Waals surface area (Å²) in [5.41, 5.74) is 4.28. The Balaban J connectivity index is 1.37. The molecule has 0 N–H and O–H groups in total. The third kappa shape index (κ3) is 4.71. The number of para-hydroxylation sites is 1. The first-order valence-corrected chi connectivity index (χ1v) is 12.7. The van der Waals surface area contributed by atoms with Crippen LogP contribution >= 0.6 is 11.8 Å². The van der Waals surface area contributed by atoms with E-state index < -0.39 is 0 Å². The van der Waals surface area contributed by atoms with Crippen LogP contribution in [0.5, 0.6) is 0 Å². The number of benzene rings is 2. The molecular weight excluding hydrogens is 448 g/mol. The smallest absolute Gasteiger partial charge is 0.253 e. The van der Waals surface area contributed by atoms with Crippen molar-refractivity contribution in [3.05, 3.63) is 65.7 Å². The molecule has 1 saturated heterocycles. The molecular formula is C25H28N6O2S. The zero-order valence-corrected chi connectivity index (χ0v) is 20.1. The molecule has 0 unspecified atom stereocenters. The third-order valence-electron chi connectivity index (χ3n) is 6.05. The summed E-state index contributed by atoms with van der Waals surface area (Å²) in [5.74, 6) is 1.02. The molecule has 1 aromatic heterocycles. The van der Waals surface area contributed by atoms with E-state index in [1.807, 2.05) is 42.5 Å². The van der Waals surface area contributed by atoms with Crippen LogP contribution in [0.1, 0.15) is 24.5 Å². The number of ether oxygens (including phenoxy) is 1. The lowest BCUT2D eigenvalue weighted by Gasteiger charge is -2.28. The Labute approximate surface area is 203 Å². The van der Waals surface area contributed by atoms with Crippen molar-refractivity contribution in [2.75, 3.05) is 43.5 Å². The normalized spacial score (nSPS) is 16.1. The Kier molecular flexibility index (Phi) is 6.92. The van der Waals surface area contributed by atoms with Crippen molar-refractivity contribution >= 4 is 29.3 Å². The van der Waals surface area contributed by atoms with Gasteiger partial charge in [-0.2, -0.15) is 5.10 Å². The SMILES string of the molecule is CCc1ccccc1-n1c(SCC(=O)N2CCC(c3ccccc3)=N2)nnc1N1CCOCC1. The summed E-state index contributed by atoms with van der Waals surface area (Å²) in [5, 5.41) is 15.9. The van der Waals surface area contributed by atoms with Gasteiger partial charge in [-0.3, -0.25) is 9.36 Å². The van der Waals surface area contributed by atoms with Crippen LogP contribution in [-0.4, -0.2) is 70.0 Å². The number of carbonyl (C=O) groups excluding carboxylic acids is 1. The molecule has 1 fully saturated rings. The summed E-state index contributed by atoms with van der Waals surface area (Å²) in [6.45, 7) is 5.61. The average Bonchev–Trinajstić information content (AvgIpc) is 3.56. The molecule has 9 heteroatoms. The summed E-state index contributed by atoms with van der Waals surface area (Å²) in [6, 6.07) is 18.3. The minimum absolute atomic E-state index is 0.0258. The second kappa shape index (κ2) is 10.4. The lowest BCUT2D eigenvalue weighted by Crippen LogP contribution is -2.38. The Morgan fingerprint density at radius 3 is 2.56 bits per heavy atom. The van der Waals surface area contributed by atoms with E-state index >= 15 is 0 Å². The first-order valence-electron chi connectivity index (χ1n) is 11.7. The summed E-state index contributed by atoms with van der Waals surface area (Å²) in [4.78, 5) is 15.2. The number of thioether (sulfide) groups is 1. The van der Waals surface area contributed by atoms with Crippen LogP contribution in [0, 0.1) is 0 Å². The van der Waals surface area contributed by atoms with Gasteiger partial charge in [0.1, 0.15) is 0 Å². The second-order valence-corrected chi connectivity index (χ2v) is 9.11. The standard InChI is InChI=1S/C25H28N6O2S/c1-2-19-8-6-7-11-22(19)31-24(29-14-16-33-17-15-29)26-27-25(31)34-18-23(32)30-13-12-21(28-30)20-9-4-3-5-10-20/h3-11H,2,12-18H2,1H3. The van der Waals surface area contributed by atoms with E-state index in [-0.39, 0.29) is 11.7 Å². The number of aryl methyl sites for hydroxylation is 1. The van der Waals surface area contributed by atoms with Gasteiger partial charge in [0.25, 0.3) is 5.91 Å². The Bertz CT molecular complexity index is 1170. The molecule has 5 rings (SSSR count). The van der Waals surface area contributed by atoms with Gasteiger partial charge in [0.05, 0.1) is 36.9 Å². The second-order valence-electron chi connectivity index (χ2n) is 8.17. The lowest BCUT2D eigenvalue weighted by atomic mass is 10.1. The number of hydrogen-bond donors (Lipinski definition) is 0. The predicted molar refractivity (Wildman–Crippen MR) is 134 cm³/mol. The van der Waals surface area contributed by atoms with E-state index in [0.29, 0.717) is 24.9 Å². The first kappa shape index (κ1) is 22.6. The van der Waals surface area contributed by atoms with Crippen molar-refractivity contribution in [3.8, 4) is 5.69 Å². The van der Waals surface area contributed by atoms with Gasteiger partial charge in [-0.25, -0.2) is 5.01 Å². The summed E-state index contributed by atoms with van der Waals surface area (Å²) >= 11 is 1.41. The maximum Gasteiger partial charge on any atom is 0.253 e. The molecule has 0 spiro atoms. The number of anilines is 1. The molecule has 3 heterocycles. The van der Waals surface area contributed by atoms with E-state index in [0.717, 1.165) is 48.8 Å². The zero-order chi connectivity index (χ0) is 23.3. The Morgan fingerprint density at radius 1 is 1.00 bits per heavy atom. The van der Waals surface area contributed by atoms with Gasteiger partial charge < -0.3 is 9.64 Å². The highest BCUT2D eigenvalue weighted by Gasteiger charge is 2.25. The molecule has 0 bridgehead atoms. The van der Waals surface area contributed by atoms with Gasteiger partial charge in [-0.05, 0) is 23.6 Å². The highest BCUT2D eigenvalue weighted by atomic mass is 32.2. The van der Waals surface area contributed by atoms with Crippen molar-refractivity contribution in [2.24, 2.45) is 5.10 Å². The minimum atomic E-state index is -0.0258. The van der Waals surface area contributed by atoms with Gasteiger partial charge >= 0.3 is 0 Å². The quantitative estimate of drug-likeness (QED) is 0.487. The number of amides is 1. The van der Waals surface area contributed by atoms with Gasteiger partial charge in [-0.1, -0.05) is 67.2 Å². The van der Waals surface area contributed by atoms with Gasteiger partial charge in [0.2, 0.25) is 5.95 Å². The third-order valence-corrected chi connectivity index (χ3v) is 6.96. The van der Waals surface area contributed by atoms with Crippen LogP contribution < -0.4 is 4.90 Å². The lowest BCUT2D eigenvalue weighted by molar-refractivity contribution is -0.127. The predicted octanol–water partition coefficient (Wildman–Crippen LogP) is 3.40. The summed E-state index contributed by atoms with van der Waals surface area (Å²) < 4.78 is 7.62. The summed E-state index contributed by atoms with van der Waals surface area (Å²) in [6.07, 6.45) is 1.66. The molecule has 2 aliphatic rings. The number of hydrazone groups is 1. The molecule has 0 radical (unpaired) electrons. The number of rotatable bonds is 7. The van der Waals surface area contributed by atoms with Crippen LogP contribution in [0.2, 0.25) is 0 Å². The van der Waals surface area contributed by atoms with Crippen molar-refractivity contribution in [3.63, 3.8) is 0 Å². The number of hydrogen-bond acceptors (Lipinski definition) is 7. The molecule has 34 heavy (non-hydrogen) atoms. The van der Waals surface area contributed by atoms with Gasteiger partial charge in [-0.15, -0.1) is 10.2 Å². The fourth-order valence-electron chi connectivity index (χ4n) is 4.23. The van der Waals surface area contributed by atoms with E-state index in [4.69, 9.17) is 4.74 Å². The van der Waals surface area contributed by atoms with E-state index in [9.17, 15) is 4.79 Å². The molecule has 2 aromatic carbocycles. The van der Waals surface area contributed by atoms with Crippen LogP contribution in [0.15, 0.2) is 64.9 Å². The highest BCUT2D eigenvalue weighted by molar-refractivity contribution is 7.99. The number of carbonyl (C=O) groups is 1. The zero-order valence-electron chi connectivity index (χ0n) is 19.3. The maximum atomic E-state index is 13.0. The van der Waals surface area contributed by atoms with Crippen LogP contribution in [0.25, 0.3) is 5.69 Å². The van der Waals surface area contributed by atoms with Crippen LogP contribution in [0.4, 0.5) is 5.95 Å². The van der Waals surface area contributed by atoms with Crippen molar-refractivity contribution in [2.45, 2.75) is 24.9 Å². The Morgan fingerprint density at radius 2 is 1.76 bits per heavy atom. The minimum Gasteiger partial charge on any atom is -0.378 e. The maximum absolute atomic E-state index is 13.0. The van der Waals surface area contributed by atoms with E-state index in [1.54, 1.807) is 5.01 Å². The molecule has 1 amide bonds. The van der Waals surface area contributed by atoms with Crippen molar-refractivity contribution < 1.29 is 9.53 Å². The highest BCUT2D eigenvalue weighted by Crippen LogP contribution is 2.29. The molecule has 176 valence electrons. The molecule has 0 saturated carbocycles. The number of aromatic nitrogens is 3. The van der Waals surface area contributed by atoms with Gasteiger partial charge in [0, 0.05) is 19.5 Å². The van der Waals surface area contributed by atoms with Crippen molar-refractivity contribution in [1.82, 2.24) is 19.8 Å². The molecule has 0 aliphatic carbocycles. The van der Waals surface area contributed by atoms with Gasteiger partial charge in [0.15, 0.2) is 5.16 Å². The first-order chi connectivity index (χ1) is 16.7. The molecule has 2 aliphatic heterocycles. The number of morpholine rings is 1. The van der Waals surface area contributed by atoms with E-state index in [1.165, 1.54) is 17.3 Å². The van der Waals surface area contributed by atoms with Crippen LogP contribution in [0.3, 0.4) is 0 Å². The molecule has 0 atom stereocenters. The van der Waals surface area contributed by atoms with Crippen molar-refractivity contribution in [1.29, 1.82) is 0 Å². The Hall–Kier alpha value is -3.17. The van der Waals surface area contributed by atoms with E-state index in [2.05, 4.69) is 43.8 Å². The summed E-state index contributed by atoms with van der Waals surface area (Å²) in [7, 11) is 0. The molecule has 3 aromatic rings. The fraction of sp³-hybridized carbons (Fsp3) is 0.360. The monoisotopic (exact) mass is 476 g/mol. The molecule has 8 nitrogen and oxygen atoms in total.